The van der Waals surface area contributed by atoms with Gasteiger partial charge in [0.1, 0.15) is 5.82 Å². The third-order valence-corrected chi connectivity index (χ3v) is 3.60. The van der Waals surface area contributed by atoms with Crippen LogP contribution in [-0.2, 0) is 19.0 Å². The van der Waals surface area contributed by atoms with Crippen molar-refractivity contribution in [3.8, 4) is 0 Å². The predicted octanol–water partition coefficient (Wildman–Crippen LogP) is 1.96. The predicted molar refractivity (Wildman–Crippen MR) is 67.6 cm³/mol. The van der Waals surface area contributed by atoms with Gasteiger partial charge < -0.3 is 10.3 Å². The lowest BCUT2D eigenvalue weighted by Gasteiger charge is -2.09. The molecule has 88 valence electrons. The molecule has 0 atom stereocenters. The zero-order chi connectivity index (χ0) is 11.9. The number of nitrogens with two attached hydrogens (primary N) is 1. The summed E-state index contributed by atoms with van der Waals surface area (Å²) >= 11 is 0. The summed E-state index contributed by atoms with van der Waals surface area (Å²) in [5, 5.41) is 0. The number of aromatic nitrogens is 2. The van der Waals surface area contributed by atoms with E-state index in [2.05, 4.69) is 33.8 Å². The van der Waals surface area contributed by atoms with Gasteiger partial charge in [-0.15, -0.1) is 0 Å². The molecular formula is C14H17N3. The summed E-state index contributed by atoms with van der Waals surface area (Å²) < 4.78 is 2.05. The van der Waals surface area contributed by atoms with Crippen molar-refractivity contribution in [1.29, 1.82) is 0 Å². The first kappa shape index (κ1) is 10.5. The molecule has 0 spiro atoms. The van der Waals surface area contributed by atoms with Crippen molar-refractivity contribution in [2.24, 2.45) is 12.8 Å². The van der Waals surface area contributed by atoms with E-state index >= 15 is 0 Å². The highest BCUT2D eigenvalue weighted by Gasteiger charge is 2.39. The third-order valence-electron chi connectivity index (χ3n) is 3.60. The molecule has 1 fully saturated rings. The second kappa shape index (κ2) is 3.70. The minimum Gasteiger partial charge on any atom is -0.338 e. The summed E-state index contributed by atoms with van der Waals surface area (Å²) in [6.07, 6.45) is 6.92. The smallest absolute Gasteiger partial charge is 0.112 e. The van der Waals surface area contributed by atoms with Gasteiger partial charge in [0.2, 0.25) is 0 Å². The molecule has 3 heteroatoms. The minimum atomic E-state index is -0.0260. The number of nitrogens with zero attached hydrogens (tertiary/aromatic N) is 2. The average Bonchev–Trinajstić information content (AvgIpc) is 2.96. The lowest BCUT2D eigenvalue weighted by Crippen LogP contribution is -2.18. The van der Waals surface area contributed by atoms with E-state index in [1.807, 2.05) is 19.4 Å². The largest absolute Gasteiger partial charge is 0.338 e. The Morgan fingerprint density at radius 3 is 2.53 bits per heavy atom. The van der Waals surface area contributed by atoms with Crippen LogP contribution in [0.1, 0.15) is 29.8 Å². The lowest BCUT2D eigenvalue weighted by molar-refractivity contribution is 0.739. The molecule has 1 aromatic carbocycles. The van der Waals surface area contributed by atoms with Gasteiger partial charge in [-0.05, 0) is 24.0 Å². The molecule has 1 heterocycles. The first-order chi connectivity index (χ1) is 8.17. The van der Waals surface area contributed by atoms with Crippen molar-refractivity contribution in [3.63, 3.8) is 0 Å². The van der Waals surface area contributed by atoms with Crippen molar-refractivity contribution < 1.29 is 0 Å². The van der Waals surface area contributed by atoms with Crippen LogP contribution in [0.2, 0.25) is 0 Å². The quantitative estimate of drug-likeness (QED) is 0.871. The molecule has 0 bridgehead atoms. The third kappa shape index (κ3) is 1.98. The molecule has 1 saturated carbocycles. The average molecular weight is 227 g/mol. The molecule has 1 aromatic heterocycles. The van der Waals surface area contributed by atoms with Crippen molar-refractivity contribution in [1.82, 2.24) is 9.55 Å². The lowest BCUT2D eigenvalue weighted by atomic mass is 10.0. The van der Waals surface area contributed by atoms with E-state index in [0.717, 1.165) is 25.1 Å². The Labute approximate surface area is 101 Å². The molecule has 1 aliphatic rings. The van der Waals surface area contributed by atoms with Crippen LogP contribution in [0, 0.1) is 0 Å². The van der Waals surface area contributed by atoms with Gasteiger partial charge in [0, 0.05) is 31.4 Å². The Morgan fingerprint density at radius 2 is 2.00 bits per heavy atom. The van der Waals surface area contributed by atoms with Gasteiger partial charge in [-0.25, -0.2) is 4.98 Å². The van der Waals surface area contributed by atoms with Crippen LogP contribution in [0.25, 0.3) is 0 Å². The first-order valence-corrected chi connectivity index (χ1v) is 6.02. The van der Waals surface area contributed by atoms with Crippen LogP contribution < -0.4 is 5.73 Å². The second-order valence-electron chi connectivity index (χ2n) is 4.98. The number of aryl methyl sites for hydroxylation is 1. The Kier molecular flexibility index (Phi) is 2.30. The summed E-state index contributed by atoms with van der Waals surface area (Å²) in [5.41, 5.74) is 8.69. The number of rotatable bonds is 3. The maximum absolute atomic E-state index is 6.16. The molecule has 3 rings (SSSR count). The number of imidazole rings is 1. The summed E-state index contributed by atoms with van der Waals surface area (Å²) in [7, 11) is 2.02. The van der Waals surface area contributed by atoms with Gasteiger partial charge in [0.15, 0.2) is 0 Å². The Bertz CT molecular complexity index is 521. The molecule has 17 heavy (non-hydrogen) atoms. The fourth-order valence-electron chi connectivity index (χ4n) is 2.13. The van der Waals surface area contributed by atoms with Gasteiger partial charge >= 0.3 is 0 Å². The molecule has 0 radical (unpaired) electrons. The normalized spacial score (nSPS) is 17.1. The van der Waals surface area contributed by atoms with E-state index in [-0.39, 0.29) is 5.54 Å². The summed E-state index contributed by atoms with van der Waals surface area (Å²) in [6, 6.07) is 8.64. The highest BCUT2D eigenvalue weighted by atomic mass is 15.0. The van der Waals surface area contributed by atoms with Crippen LogP contribution >= 0.6 is 0 Å². The van der Waals surface area contributed by atoms with Gasteiger partial charge in [-0.1, -0.05) is 24.3 Å². The maximum Gasteiger partial charge on any atom is 0.112 e. The van der Waals surface area contributed by atoms with Gasteiger partial charge in [0.05, 0.1) is 0 Å². The highest BCUT2D eigenvalue weighted by Crippen LogP contribution is 2.42. The van der Waals surface area contributed by atoms with Crippen molar-refractivity contribution in [2.45, 2.75) is 24.8 Å². The zero-order valence-electron chi connectivity index (χ0n) is 10.1. The first-order valence-electron chi connectivity index (χ1n) is 6.02. The molecule has 0 saturated heterocycles. The Hall–Kier alpha value is -1.61. The van der Waals surface area contributed by atoms with Gasteiger partial charge in [-0.2, -0.15) is 0 Å². The summed E-state index contributed by atoms with van der Waals surface area (Å²) in [6.45, 7) is 0. The monoisotopic (exact) mass is 227 g/mol. The molecule has 0 unspecified atom stereocenters. The molecule has 1 aliphatic carbocycles. The maximum atomic E-state index is 6.16. The number of benzene rings is 1. The van der Waals surface area contributed by atoms with E-state index in [1.165, 1.54) is 11.1 Å². The zero-order valence-corrected chi connectivity index (χ0v) is 10.1. The Morgan fingerprint density at radius 1 is 1.29 bits per heavy atom. The fraction of sp³-hybridized carbons (Fsp3) is 0.357. The number of hydrogen-bond donors (Lipinski definition) is 1. The fourth-order valence-corrected chi connectivity index (χ4v) is 2.13. The molecule has 0 amide bonds. The topological polar surface area (TPSA) is 43.8 Å². The molecule has 3 nitrogen and oxygen atoms in total. The van der Waals surface area contributed by atoms with Crippen LogP contribution in [0.4, 0.5) is 0 Å². The number of hydrogen-bond acceptors (Lipinski definition) is 2. The van der Waals surface area contributed by atoms with Crippen LogP contribution in [-0.4, -0.2) is 9.55 Å². The molecule has 2 N–H and O–H groups in total. The van der Waals surface area contributed by atoms with Crippen molar-refractivity contribution in [2.75, 3.05) is 0 Å². The van der Waals surface area contributed by atoms with Crippen molar-refractivity contribution in [3.05, 3.63) is 53.6 Å². The van der Waals surface area contributed by atoms with Gasteiger partial charge in [0.25, 0.3) is 0 Å². The van der Waals surface area contributed by atoms with Gasteiger partial charge in [-0.3, -0.25) is 0 Å². The van der Waals surface area contributed by atoms with E-state index < -0.39 is 0 Å². The SMILES string of the molecule is Cn1ccnc1Cc1ccc(C2(N)CC2)cc1. The van der Waals surface area contributed by atoms with Crippen LogP contribution in [0.3, 0.4) is 0 Å². The summed E-state index contributed by atoms with van der Waals surface area (Å²) in [4.78, 5) is 4.33. The van der Waals surface area contributed by atoms with E-state index in [9.17, 15) is 0 Å². The van der Waals surface area contributed by atoms with Crippen LogP contribution in [0.5, 0.6) is 0 Å². The highest BCUT2D eigenvalue weighted by molar-refractivity contribution is 5.33. The van der Waals surface area contributed by atoms with E-state index in [1.54, 1.807) is 0 Å². The van der Waals surface area contributed by atoms with E-state index in [0.29, 0.717) is 0 Å². The van der Waals surface area contributed by atoms with Crippen LogP contribution in [0.15, 0.2) is 36.7 Å². The molecular weight excluding hydrogens is 210 g/mol. The molecule has 2 aromatic rings. The molecule has 0 aliphatic heterocycles. The summed E-state index contributed by atoms with van der Waals surface area (Å²) in [5.74, 6) is 1.09. The standard InChI is InChI=1S/C14H17N3/c1-17-9-8-16-13(17)10-11-2-4-12(5-3-11)14(15)6-7-14/h2-5,8-9H,6-7,10,15H2,1H3. The Balaban J connectivity index is 1.79. The minimum absolute atomic E-state index is 0.0260. The second-order valence-corrected chi connectivity index (χ2v) is 4.98. The van der Waals surface area contributed by atoms with Crippen molar-refractivity contribution >= 4 is 0 Å². The van der Waals surface area contributed by atoms with E-state index in [4.69, 9.17) is 5.73 Å².